The summed E-state index contributed by atoms with van der Waals surface area (Å²) in [4.78, 5) is 0. The Morgan fingerprint density at radius 1 is 1.25 bits per heavy atom. The third kappa shape index (κ3) is 6.31. The minimum atomic E-state index is 0.795. The zero-order valence-corrected chi connectivity index (χ0v) is 6.29. The first-order chi connectivity index (χ1) is 3.91. The minimum absolute atomic E-state index is 0.795. The van der Waals surface area contributed by atoms with Gasteiger partial charge in [-0.3, -0.25) is 0 Å². The summed E-state index contributed by atoms with van der Waals surface area (Å²) in [6.07, 6.45) is 5.03. The quantitative estimate of drug-likeness (QED) is 0.345. The molecule has 0 aromatic rings. The molecular weight excluding hydrogens is 120 g/mol. The minimum Gasteiger partial charge on any atom is -0.319 e. The Kier molecular flexibility index (Phi) is 7.59. The second-order valence-corrected chi connectivity index (χ2v) is 2.15. The Morgan fingerprint density at radius 3 is 2.50 bits per heavy atom. The van der Waals surface area contributed by atoms with Crippen LogP contribution in [0.1, 0.15) is 32.6 Å². The second-order valence-electron chi connectivity index (χ2n) is 1.89. The summed E-state index contributed by atoms with van der Waals surface area (Å²) in [5.41, 5.74) is 0. The van der Waals surface area contributed by atoms with Gasteiger partial charge in [-0.25, -0.2) is 0 Å². The first-order valence-corrected chi connectivity index (χ1v) is 3.54. The molecule has 50 valence electrons. The Bertz CT molecular complexity index is 33.5. The van der Waals surface area contributed by atoms with E-state index in [0.29, 0.717) is 0 Å². The van der Waals surface area contributed by atoms with Gasteiger partial charge in [-0.1, -0.05) is 26.2 Å². The lowest BCUT2D eigenvalue weighted by Gasteiger charge is -1.94. The van der Waals surface area contributed by atoms with E-state index in [2.05, 4.69) is 24.0 Å². The Hall–Kier alpha value is 0.310. The molecule has 0 aliphatic rings. The summed E-state index contributed by atoms with van der Waals surface area (Å²) in [5, 5.41) is 0. The third-order valence-electron chi connectivity index (χ3n) is 1.09. The van der Waals surface area contributed by atoms with E-state index in [1.54, 1.807) is 0 Å². The van der Waals surface area contributed by atoms with Gasteiger partial charge in [0.25, 0.3) is 0 Å². The van der Waals surface area contributed by atoms with Gasteiger partial charge in [-0.05, 0) is 19.3 Å². The van der Waals surface area contributed by atoms with E-state index in [4.69, 9.17) is 0 Å². The first kappa shape index (κ1) is 8.31. The van der Waals surface area contributed by atoms with Crippen LogP contribution < -0.4 is 0 Å². The van der Waals surface area contributed by atoms with Crippen molar-refractivity contribution in [2.75, 3.05) is 6.61 Å². The summed E-state index contributed by atoms with van der Waals surface area (Å²) in [5.74, 6) is 0. The summed E-state index contributed by atoms with van der Waals surface area (Å²) in [6, 6.07) is 0. The van der Waals surface area contributed by atoms with Crippen molar-refractivity contribution >= 4 is 12.9 Å². The number of thiol groups is 1. The standard InChI is InChI=1S/C6H14OS/c1-2-3-4-5-6-7-8/h8H,2-6H2,1H3. The van der Waals surface area contributed by atoms with E-state index >= 15 is 0 Å². The van der Waals surface area contributed by atoms with Crippen molar-refractivity contribution in [1.29, 1.82) is 0 Å². The van der Waals surface area contributed by atoms with E-state index in [0.717, 1.165) is 13.0 Å². The molecule has 0 N–H and O–H groups in total. The van der Waals surface area contributed by atoms with Gasteiger partial charge in [-0.2, -0.15) is 0 Å². The molecule has 1 nitrogen and oxygen atoms in total. The molecule has 0 unspecified atom stereocenters. The summed E-state index contributed by atoms with van der Waals surface area (Å²) >= 11 is 3.62. The zero-order valence-electron chi connectivity index (χ0n) is 5.39. The molecule has 0 saturated carbocycles. The molecule has 0 rings (SSSR count). The van der Waals surface area contributed by atoms with Crippen molar-refractivity contribution in [1.82, 2.24) is 0 Å². The smallest absolute Gasteiger partial charge is 0.0610 e. The van der Waals surface area contributed by atoms with Crippen LogP contribution in [0.4, 0.5) is 0 Å². The molecule has 0 saturated heterocycles. The highest BCUT2D eigenvalue weighted by atomic mass is 32.1. The molecule has 0 aliphatic carbocycles. The van der Waals surface area contributed by atoms with Gasteiger partial charge in [0.2, 0.25) is 0 Å². The van der Waals surface area contributed by atoms with Gasteiger partial charge >= 0.3 is 0 Å². The maximum atomic E-state index is 4.58. The first-order valence-electron chi connectivity index (χ1n) is 3.18. The maximum absolute atomic E-state index is 4.58. The molecule has 0 spiro atoms. The van der Waals surface area contributed by atoms with Crippen LogP contribution in [0, 0.1) is 0 Å². The van der Waals surface area contributed by atoms with Crippen LogP contribution in [0.15, 0.2) is 0 Å². The van der Waals surface area contributed by atoms with Crippen molar-refractivity contribution < 1.29 is 4.18 Å². The number of rotatable bonds is 5. The van der Waals surface area contributed by atoms with Gasteiger partial charge in [0.05, 0.1) is 6.61 Å². The van der Waals surface area contributed by atoms with Crippen molar-refractivity contribution in [2.24, 2.45) is 0 Å². The van der Waals surface area contributed by atoms with Gasteiger partial charge < -0.3 is 4.18 Å². The topological polar surface area (TPSA) is 9.23 Å². The average Bonchev–Trinajstić information content (AvgIpc) is 1.81. The fraction of sp³-hybridized carbons (Fsp3) is 1.00. The predicted molar refractivity (Wildman–Crippen MR) is 39.1 cm³/mol. The Morgan fingerprint density at radius 2 is 2.00 bits per heavy atom. The number of hydrogen-bond donors (Lipinski definition) is 1. The van der Waals surface area contributed by atoms with E-state index < -0.39 is 0 Å². The monoisotopic (exact) mass is 134 g/mol. The molecule has 0 heterocycles. The number of hydrogen-bond acceptors (Lipinski definition) is 2. The van der Waals surface area contributed by atoms with Crippen molar-refractivity contribution in [3.63, 3.8) is 0 Å². The van der Waals surface area contributed by atoms with Crippen LogP contribution in [0.25, 0.3) is 0 Å². The molecule has 0 aliphatic heterocycles. The molecule has 2 heteroatoms. The normalized spacial score (nSPS) is 9.75. The molecule has 0 aromatic carbocycles. The SMILES string of the molecule is CCCCCCOS. The van der Waals surface area contributed by atoms with E-state index in [-0.39, 0.29) is 0 Å². The van der Waals surface area contributed by atoms with Crippen LogP contribution in [-0.4, -0.2) is 6.61 Å². The zero-order chi connectivity index (χ0) is 6.24. The average molecular weight is 134 g/mol. The number of unbranched alkanes of at least 4 members (excludes halogenated alkanes) is 3. The van der Waals surface area contributed by atoms with Crippen molar-refractivity contribution in [3.05, 3.63) is 0 Å². The van der Waals surface area contributed by atoms with Gasteiger partial charge in [0.15, 0.2) is 0 Å². The Labute approximate surface area is 57.0 Å². The third-order valence-corrected chi connectivity index (χ3v) is 1.27. The lowest BCUT2D eigenvalue weighted by Crippen LogP contribution is -1.83. The molecule has 0 fully saturated rings. The second kappa shape index (κ2) is 7.31. The van der Waals surface area contributed by atoms with Crippen molar-refractivity contribution in [3.8, 4) is 0 Å². The molecule has 0 bridgehead atoms. The van der Waals surface area contributed by atoms with Gasteiger partial charge in [0.1, 0.15) is 0 Å². The lowest BCUT2D eigenvalue weighted by atomic mass is 10.2. The summed E-state index contributed by atoms with van der Waals surface area (Å²) in [6.45, 7) is 2.99. The molecule has 0 aromatic heterocycles. The van der Waals surface area contributed by atoms with Crippen LogP contribution in [0.5, 0.6) is 0 Å². The molecule has 8 heavy (non-hydrogen) atoms. The van der Waals surface area contributed by atoms with Gasteiger partial charge in [-0.15, -0.1) is 0 Å². The van der Waals surface area contributed by atoms with Crippen LogP contribution in [-0.2, 0) is 4.18 Å². The largest absolute Gasteiger partial charge is 0.319 e. The Balaban J connectivity index is 2.53. The van der Waals surface area contributed by atoms with Crippen LogP contribution in [0.3, 0.4) is 0 Å². The lowest BCUT2D eigenvalue weighted by molar-refractivity contribution is 0.363. The van der Waals surface area contributed by atoms with E-state index in [1.165, 1.54) is 19.3 Å². The molecule has 0 amide bonds. The molecule has 0 atom stereocenters. The molecule has 0 radical (unpaired) electrons. The van der Waals surface area contributed by atoms with Crippen LogP contribution in [0.2, 0.25) is 0 Å². The highest BCUT2D eigenvalue weighted by Crippen LogP contribution is 1.98. The fourth-order valence-corrected chi connectivity index (χ4v) is 0.722. The highest BCUT2D eigenvalue weighted by molar-refractivity contribution is 7.75. The van der Waals surface area contributed by atoms with Crippen molar-refractivity contribution in [2.45, 2.75) is 32.6 Å². The van der Waals surface area contributed by atoms with Crippen LogP contribution >= 0.6 is 12.9 Å². The summed E-state index contributed by atoms with van der Waals surface area (Å²) < 4.78 is 4.58. The fourth-order valence-electron chi connectivity index (χ4n) is 0.593. The highest BCUT2D eigenvalue weighted by Gasteiger charge is 1.83. The maximum Gasteiger partial charge on any atom is 0.0610 e. The predicted octanol–water partition coefficient (Wildman–Crippen LogP) is 2.43. The van der Waals surface area contributed by atoms with E-state index in [9.17, 15) is 0 Å². The summed E-state index contributed by atoms with van der Waals surface area (Å²) in [7, 11) is 0. The van der Waals surface area contributed by atoms with E-state index in [1.807, 2.05) is 0 Å². The van der Waals surface area contributed by atoms with Gasteiger partial charge in [0, 0.05) is 0 Å². The molecular formula is C6H14OS.